The highest BCUT2D eigenvalue weighted by Crippen LogP contribution is 2.34. The highest BCUT2D eigenvalue weighted by atomic mass is 127. The number of benzene rings is 3. The molecule has 0 fully saturated rings. The van der Waals surface area contributed by atoms with Crippen molar-refractivity contribution in [2.45, 2.75) is 13.2 Å². The summed E-state index contributed by atoms with van der Waals surface area (Å²) in [5.41, 5.74) is 2.96. The Morgan fingerprint density at radius 2 is 1.87 bits per heavy atom. The van der Waals surface area contributed by atoms with E-state index in [0.717, 1.165) is 20.3 Å². The molecule has 0 N–H and O–H groups in total. The second-order valence-corrected chi connectivity index (χ2v) is 7.39. The molecule has 30 heavy (non-hydrogen) atoms. The molecule has 0 saturated carbocycles. The summed E-state index contributed by atoms with van der Waals surface area (Å²) in [5, 5.41) is 13.1. The number of hydrogen-bond donors (Lipinski definition) is 0. The van der Waals surface area contributed by atoms with Gasteiger partial charge in [-0.15, -0.1) is 0 Å². The van der Waals surface area contributed by atoms with Gasteiger partial charge in [-0.2, -0.15) is 5.26 Å². The van der Waals surface area contributed by atoms with Crippen molar-refractivity contribution in [2.75, 3.05) is 7.11 Å². The lowest BCUT2D eigenvalue weighted by Crippen LogP contribution is -2.01. The largest absolute Gasteiger partial charge is 0.493 e. The fourth-order valence-electron chi connectivity index (χ4n) is 2.65. The van der Waals surface area contributed by atoms with E-state index in [0.29, 0.717) is 23.7 Å². The van der Waals surface area contributed by atoms with Crippen LogP contribution in [0.25, 0.3) is 0 Å². The molecule has 0 aliphatic carbocycles. The van der Waals surface area contributed by atoms with E-state index < -0.39 is 0 Å². The van der Waals surface area contributed by atoms with Gasteiger partial charge in [-0.3, -0.25) is 0 Å². The summed E-state index contributed by atoms with van der Waals surface area (Å²) in [6.07, 6.45) is 1.57. The van der Waals surface area contributed by atoms with E-state index in [1.54, 1.807) is 43.7 Å². The van der Waals surface area contributed by atoms with Crippen molar-refractivity contribution < 1.29 is 18.7 Å². The lowest BCUT2D eigenvalue weighted by Gasteiger charge is -2.13. The molecule has 0 amide bonds. The number of nitriles is 1. The topological polar surface area (TPSA) is 63.8 Å². The highest BCUT2D eigenvalue weighted by Gasteiger charge is 2.12. The molecule has 0 aliphatic rings. The van der Waals surface area contributed by atoms with Crippen LogP contribution < -0.4 is 9.47 Å². The van der Waals surface area contributed by atoms with Crippen molar-refractivity contribution in [1.82, 2.24) is 0 Å². The molecule has 0 spiro atoms. The van der Waals surface area contributed by atoms with Gasteiger partial charge in [0.1, 0.15) is 19.0 Å². The van der Waals surface area contributed by atoms with Crippen LogP contribution in [0.15, 0.2) is 65.8 Å². The Labute approximate surface area is 187 Å². The summed E-state index contributed by atoms with van der Waals surface area (Å²) in [4.78, 5) is 5.34. The van der Waals surface area contributed by atoms with Crippen molar-refractivity contribution in [3.8, 4) is 17.6 Å². The van der Waals surface area contributed by atoms with Crippen molar-refractivity contribution in [3.05, 3.63) is 92.3 Å². The van der Waals surface area contributed by atoms with Crippen LogP contribution in [0, 0.1) is 20.7 Å². The van der Waals surface area contributed by atoms with E-state index in [1.807, 2.05) is 18.2 Å². The van der Waals surface area contributed by atoms with Gasteiger partial charge in [0.2, 0.25) is 0 Å². The van der Waals surface area contributed by atoms with Crippen LogP contribution in [-0.4, -0.2) is 13.3 Å². The van der Waals surface area contributed by atoms with Gasteiger partial charge in [-0.05, 0) is 58.5 Å². The van der Waals surface area contributed by atoms with Gasteiger partial charge >= 0.3 is 0 Å². The molecule has 152 valence electrons. The fourth-order valence-corrected chi connectivity index (χ4v) is 3.43. The van der Waals surface area contributed by atoms with Gasteiger partial charge in [-0.1, -0.05) is 35.5 Å². The maximum absolute atomic E-state index is 13.0. The van der Waals surface area contributed by atoms with Crippen molar-refractivity contribution in [3.63, 3.8) is 0 Å². The Kier molecular flexibility index (Phi) is 7.63. The number of hydrogen-bond acceptors (Lipinski definition) is 5. The molecule has 5 nitrogen and oxygen atoms in total. The van der Waals surface area contributed by atoms with E-state index >= 15 is 0 Å². The van der Waals surface area contributed by atoms with Crippen LogP contribution in [-0.2, 0) is 18.1 Å². The summed E-state index contributed by atoms with van der Waals surface area (Å²) in [5.74, 6) is 0.872. The zero-order chi connectivity index (χ0) is 21.3. The molecule has 0 atom stereocenters. The van der Waals surface area contributed by atoms with Gasteiger partial charge in [-0.25, -0.2) is 4.39 Å². The third-order valence-electron chi connectivity index (χ3n) is 4.18. The standard InChI is InChI=1S/C23H18FIN2O3/c1-28-22-11-17(13-27-30-15-19-5-3-2-4-18(19)12-26)10-21(25)23(22)29-14-16-6-8-20(24)9-7-16/h2-11,13H,14-15H2,1H3/b27-13-. The third kappa shape index (κ3) is 5.70. The van der Waals surface area contributed by atoms with Gasteiger partial charge in [0.25, 0.3) is 0 Å². The summed E-state index contributed by atoms with van der Waals surface area (Å²) in [7, 11) is 1.56. The smallest absolute Gasteiger partial charge is 0.174 e. The molecule has 3 rings (SSSR count). The van der Waals surface area contributed by atoms with Crippen LogP contribution in [0.5, 0.6) is 11.5 Å². The molecular formula is C23H18FIN2O3. The Balaban J connectivity index is 1.66. The number of ether oxygens (including phenoxy) is 2. The predicted octanol–water partition coefficient (Wildman–Crippen LogP) is 5.44. The van der Waals surface area contributed by atoms with Gasteiger partial charge in [0.05, 0.1) is 28.5 Å². The molecule has 0 aromatic heterocycles. The zero-order valence-electron chi connectivity index (χ0n) is 16.1. The van der Waals surface area contributed by atoms with Gasteiger partial charge < -0.3 is 14.3 Å². The molecule has 0 unspecified atom stereocenters. The van der Waals surface area contributed by atoms with Crippen molar-refractivity contribution >= 4 is 28.8 Å². The van der Waals surface area contributed by atoms with Crippen LogP contribution in [0.1, 0.15) is 22.3 Å². The highest BCUT2D eigenvalue weighted by molar-refractivity contribution is 14.1. The van der Waals surface area contributed by atoms with Crippen molar-refractivity contribution in [1.29, 1.82) is 5.26 Å². The molecule has 0 bridgehead atoms. The lowest BCUT2D eigenvalue weighted by molar-refractivity contribution is 0.132. The number of nitrogens with zero attached hydrogens (tertiary/aromatic N) is 2. The molecule has 0 aliphatic heterocycles. The van der Waals surface area contributed by atoms with Gasteiger partial charge in [0, 0.05) is 11.1 Å². The van der Waals surface area contributed by atoms with E-state index in [-0.39, 0.29) is 12.4 Å². The Morgan fingerprint density at radius 3 is 2.60 bits per heavy atom. The summed E-state index contributed by atoms with van der Waals surface area (Å²) < 4.78 is 25.2. The minimum absolute atomic E-state index is 0.202. The molecule has 0 heterocycles. The van der Waals surface area contributed by atoms with Crippen molar-refractivity contribution in [2.24, 2.45) is 5.16 Å². The maximum atomic E-state index is 13.0. The van der Waals surface area contributed by atoms with E-state index in [1.165, 1.54) is 12.1 Å². The maximum Gasteiger partial charge on any atom is 0.174 e. The number of methoxy groups -OCH3 is 1. The number of halogens is 2. The second-order valence-electron chi connectivity index (χ2n) is 6.23. The van der Waals surface area contributed by atoms with E-state index in [9.17, 15) is 4.39 Å². The first kappa shape index (κ1) is 21.6. The van der Waals surface area contributed by atoms with E-state index in [4.69, 9.17) is 19.6 Å². The first-order valence-electron chi connectivity index (χ1n) is 8.99. The minimum Gasteiger partial charge on any atom is -0.493 e. The number of oxime groups is 1. The van der Waals surface area contributed by atoms with Crippen LogP contribution in [0.2, 0.25) is 0 Å². The molecule has 3 aromatic carbocycles. The van der Waals surface area contributed by atoms with Crippen LogP contribution in [0.4, 0.5) is 4.39 Å². The quantitative estimate of drug-likeness (QED) is 0.227. The van der Waals surface area contributed by atoms with Crippen LogP contribution >= 0.6 is 22.6 Å². The summed E-state index contributed by atoms with van der Waals surface area (Å²) >= 11 is 2.16. The normalized spacial score (nSPS) is 10.6. The average molecular weight is 516 g/mol. The molecular weight excluding hydrogens is 498 g/mol. The summed E-state index contributed by atoms with van der Waals surface area (Å²) in [6.45, 7) is 0.495. The first-order valence-corrected chi connectivity index (χ1v) is 10.1. The van der Waals surface area contributed by atoms with Crippen LogP contribution in [0.3, 0.4) is 0 Å². The fraction of sp³-hybridized carbons (Fsp3) is 0.130. The second kappa shape index (κ2) is 10.6. The molecule has 0 saturated heterocycles. The predicted molar refractivity (Wildman–Crippen MR) is 120 cm³/mol. The SMILES string of the molecule is COc1cc(/C=N\OCc2ccccc2C#N)cc(I)c1OCc1ccc(F)cc1. The third-order valence-corrected chi connectivity index (χ3v) is 4.98. The first-order chi connectivity index (χ1) is 14.6. The minimum atomic E-state index is -0.284. The van der Waals surface area contributed by atoms with Gasteiger partial charge in [0.15, 0.2) is 11.5 Å². The lowest BCUT2D eigenvalue weighted by atomic mass is 10.1. The molecule has 3 aromatic rings. The summed E-state index contributed by atoms with van der Waals surface area (Å²) in [6, 6.07) is 19.2. The Morgan fingerprint density at radius 1 is 1.10 bits per heavy atom. The monoisotopic (exact) mass is 516 g/mol. The molecule has 0 radical (unpaired) electrons. The Bertz CT molecular complexity index is 1080. The average Bonchev–Trinajstić information content (AvgIpc) is 2.77. The Hall–Kier alpha value is -3.12. The van der Waals surface area contributed by atoms with E-state index in [2.05, 4.69) is 33.8 Å². The number of rotatable bonds is 8. The molecule has 7 heteroatoms. The zero-order valence-corrected chi connectivity index (χ0v) is 18.3.